The van der Waals surface area contributed by atoms with Gasteiger partial charge in [-0.2, -0.15) is 52.7 Å². The van der Waals surface area contributed by atoms with E-state index in [-0.39, 0.29) is 0 Å². The predicted molar refractivity (Wildman–Crippen MR) is 46.3 cm³/mol. The average Bonchev–Trinajstić information content (AvgIpc) is 2.23. The van der Waals surface area contributed by atoms with Crippen molar-refractivity contribution in [3.8, 4) is 0 Å². The van der Waals surface area contributed by atoms with Gasteiger partial charge in [-0.3, -0.25) is 0 Å². The summed E-state index contributed by atoms with van der Waals surface area (Å²) in [6.45, 7) is 0. The van der Waals surface area contributed by atoms with Crippen LogP contribution in [-0.4, -0.2) is 47.7 Å². The van der Waals surface area contributed by atoms with E-state index in [1.165, 1.54) is 4.74 Å². The molecule has 0 bridgehead atoms. The molecule has 0 aliphatic heterocycles. The Balaban J connectivity index is 6.04. The minimum Gasteiger partial charge on any atom is -0.743 e. The van der Waals surface area contributed by atoms with Crippen LogP contribution in [0.5, 0.6) is 0 Å². The number of ether oxygens (including phenoxy) is 1. The quantitative estimate of drug-likeness (QED) is 0.352. The third-order valence-electron chi connectivity index (χ3n) is 2.03. The summed E-state index contributed by atoms with van der Waals surface area (Å²) < 4.78 is 181. The maximum atomic E-state index is 12.7. The Kier molecular flexibility index (Phi) is 5.50. The molecule has 0 aliphatic rings. The molecule has 0 saturated carbocycles. The molecule has 0 amide bonds. The summed E-state index contributed by atoms with van der Waals surface area (Å²) in [7, 11) is -7.54. The van der Waals surface area contributed by atoms with Crippen LogP contribution in [0, 0.1) is 0 Å². The van der Waals surface area contributed by atoms with Gasteiger partial charge in [0, 0.05) is 0 Å². The van der Waals surface area contributed by atoms with Crippen molar-refractivity contribution in [2.24, 2.45) is 0 Å². The number of hydrogen-bond acceptors (Lipinski definition) is 4. The molecule has 0 aromatic carbocycles. The van der Waals surface area contributed by atoms with E-state index in [0.29, 0.717) is 0 Å². The molecule has 18 heteroatoms. The molecule has 146 valence electrons. The van der Waals surface area contributed by atoms with Crippen molar-refractivity contribution < 1.29 is 70.4 Å². The smallest absolute Gasteiger partial charge is 0.438 e. The molecule has 0 radical (unpaired) electrons. The van der Waals surface area contributed by atoms with E-state index in [0.717, 1.165) is 0 Å². The summed E-state index contributed by atoms with van der Waals surface area (Å²) in [6, 6.07) is 0. The van der Waals surface area contributed by atoms with Crippen molar-refractivity contribution in [2.45, 2.75) is 34.7 Å². The highest BCUT2D eigenvalue weighted by Gasteiger charge is 2.84. The first kappa shape index (κ1) is 23.3. The van der Waals surface area contributed by atoms with Gasteiger partial charge < -0.3 is 4.55 Å². The molecule has 24 heavy (non-hydrogen) atoms. The van der Waals surface area contributed by atoms with Crippen LogP contribution in [0.4, 0.5) is 52.7 Å². The van der Waals surface area contributed by atoms with E-state index in [9.17, 15) is 65.7 Å². The normalized spacial score (nSPS) is 16.4. The zero-order valence-electron chi connectivity index (χ0n) is 9.95. The first-order valence-corrected chi connectivity index (χ1v) is 6.36. The van der Waals surface area contributed by atoms with Crippen LogP contribution in [0.25, 0.3) is 0 Å². The van der Waals surface area contributed by atoms with Gasteiger partial charge in [0.15, 0.2) is 10.1 Å². The molecule has 0 aliphatic carbocycles. The Labute approximate surface area is 128 Å². The van der Waals surface area contributed by atoms with Crippen LogP contribution in [0.2, 0.25) is 0 Å². The Morgan fingerprint density at radius 1 is 0.708 bits per heavy atom. The highest BCUT2D eigenvalue weighted by molar-refractivity contribution is 7.86. The van der Waals surface area contributed by atoms with Crippen LogP contribution in [-0.2, 0) is 14.9 Å². The monoisotopic (exact) mass is 431 g/mol. The van der Waals surface area contributed by atoms with Crippen LogP contribution in [0.1, 0.15) is 0 Å². The van der Waals surface area contributed by atoms with E-state index < -0.39 is 44.8 Å². The molecular formula is C6ClF12O4S-. The van der Waals surface area contributed by atoms with Crippen LogP contribution >= 0.6 is 11.6 Å². The number of alkyl halides is 13. The minimum absolute atomic E-state index is 1.35. The van der Waals surface area contributed by atoms with Gasteiger partial charge in [0.1, 0.15) is 0 Å². The number of hydrogen-bond donors (Lipinski definition) is 0. The molecule has 0 aromatic heterocycles. The van der Waals surface area contributed by atoms with Crippen LogP contribution < -0.4 is 0 Å². The van der Waals surface area contributed by atoms with Gasteiger partial charge in [-0.1, -0.05) is 0 Å². The van der Waals surface area contributed by atoms with E-state index in [2.05, 4.69) is 11.6 Å². The molecule has 0 rings (SSSR count). The Hall–Kier alpha value is -0.680. The SMILES string of the molecule is O=S(=O)([O-])C(F)(F)C(F)(F)OC(F)(F)C(F)(F)C(F)(F)C(F)(F)Cl. The first-order valence-electron chi connectivity index (χ1n) is 4.57. The summed E-state index contributed by atoms with van der Waals surface area (Å²) in [5.41, 5.74) is 0. The van der Waals surface area contributed by atoms with Gasteiger partial charge in [0.05, 0.1) is 0 Å². The molecule has 0 saturated heterocycles. The predicted octanol–water partition coefficient (Wildman–Crippen LogP) is 3.43. The van der Waals surface area contributed by atoms with Crippen molar-refractivity contribution in [2.75, 3.05) is 0 Å². The minimum atomic E-state index is -7.66. The fraction of sp³-hybridized carbons (Fsp3) is 1.00. The molecule has 0 aromatic rings. The molecule has 0 spiro atoms. The second kappa shape index (κ2) is 5.66. The maximum Gasteiger partial charge on any atom is 0.438 e. The molecule has 0 unspecified atom stereocenters. The fourth-order valence-electron chi connectivity index (χ4n) is 0.791. The third kappa shape index (κ3) is 3.48. The van der Waals surface area contributed by atoms with Crippen molar-refractivity contribution in [3.63, 3.8) is 0 Å². The fourth-order valence-corrected chi connectivity index (χ4v) is 1.24. The summed E-state index contributed by atoms with van der Waals surface area (Å²) in [5, 5.41) is -13.7. The zero-order valence-corrected chi connectivity index (χ0v) is 11.5. The van der Waals surface area contributed by atoms with Crippen LogP contribution in [0.15, 0.2) is 0 Å². The summed E-state index contributed by atoms with van der Waals surface area (Å²) in [5.74, 6) is -15.0. The highest BCUT2D eigenvalue weighted by atomic mass is 35.5. The second-order valence-electron chi connectivity index (χ2n) is 3.75. The van der Waals surface area contributed by atoms with Gasteiger partial charge in [0.25, 0.3) is 0 Å². The van der Waals surface area contributed by atoms with E-state index in [1.54, 1.807) is 0 Å². The Bertz CT molecular complexity index is 581. The lowest BCUT2D eigenvalue weighted by Gasteiger charge is -2.36. The van der Waals surface area contributed by atoms with Gasteiger partial charge >= 0.3 is 34.7 Å². The number of rotatable bonds is 7. The third-order valence-corrected chi connectivity index (χ3v) is 3.13. The summed E-state index contributed by atoms with van der Waals surface area (Å²) in [6.07, 6.45) is -14.9. The molecule has 0 fully saturated rings. The lowest BCUT2D eigenvalue weighted by atomic mass is 10.1. The molecule has 0 atom stereocenters. The van der Waals surface area contributed by atoms with E-state index in [1.807, 2.05) is 0 Å². The van der Waals surface area contributed by atoms with Gasteiger partial charge in [-0.15, -0.1) is 0 Å². The zero-order chi connectivity index (χ0) is 20.2. The van der Waals surface area contributed by atoms with Crippen molar-refractivity contribution >= 4 is 21.7 Å². The van der Waals surface area contributed by atoms with Gasteiger partial charge in [-0.05, 0) is 11.6 Å². The summed E-state index contributed by atoms with van der Waals surface area (Å²) in [4.78, 5) is 0. The molecule has 0 heterocycles. The molecule has 4 nitrogen and oxygen atoms in total. The van der Waals surface area contributed by atoms with E-state index >= 15 is 0 Å². The summed E-state index contributed by atoms with van der Waals surface area (Å²) >= 11 is 3.42. The maximum absolute atomic E-state index is 12.7. The lowest BCUT2D eigenvalue weighted by Crippen LogP contribution is -2.64. The van der Waals surface area contributed by atoms with Crippen molar-refractivity contribution in [1.29, 1.82) is 0 Å². The van der Waals surface area contributed by atoms with Gasteiger partial charge in [-0.25, -0.2) is 13.2 Å². The first-order chi connectivity index (χ1) is 9.96. The largest absolute Gasteiger partial charge is 0.743 e. The topological polar surface area (TPSA) is 66.4 Å². The van der Waals surface area contributed by atoms with E-state index in [4.69, 9.17) is 0 Å². The number of halogens is 13. The average molecular weight is 432 g/mol. The molecule has 0 N–H and O–H groups in total. The molecular weight excluding hydrogens is 432 g/mol. The Morgan fingerprint density at radius 2 is 1.04 bits per heavy atom. The standard InChI is InChI=1S/C6HClF12O4S/c7-3(12,13)1(8,9)2(10,11)4(14,15)23-5(16,17)6(18,19)24(20,21)22/h(H,20,21,22)/p-1. The Morgan fingerprint density at radius 3 is 1.29 bits per heavy atom. The van der Waals surface area contributed by atoms with Crippen LogP contribution in [0.3, 0.4) is 0 Å². The second-order valence-corrected chi connectivity index (χ2v) is 5.65. The van der Waals surface area contributed by atoms with Gasteiger partial charge in [0.2, 0.25) is 0 Å². The van der Waals surface area contributed by atoms with Crippen molar-refractivity contribution in [1.82, 2.24) is 0 Å². The lowest BCUT2D eigenvalue weighted by molar-refractivity contribution is -0.484. The van der Waals surface area contributed by atoms with Crippen molar-refractivity contribution in [3.05, 3.63) is 0 Å². The highest BCUT2D eigenvalue weighted by Crippen LogP contribution is 2.56.